The number of hydrogen-bond acceptors (Lipinski definition) is 1. The maximum Gasteiger partial charge on any atom is 0.145 e. The molecule has 0 radical (unpaired) electrons. The van der Waals surface area contributed by atoms with Gasteiger partial charge in [-0.25, -0.2) is 4.39 Å². The van der Waals surface area contributed by atoms with Crippen LogP contribution >= 0.6 is 23.2 Å². The first-order valence-corrected chi connectivity index (χ1v) is 7.09. The Bertz CT molecular complexity index is 613. The van der Waals surface area contributed by atoms with E-state index in [2.05, 4.69) is 0 Å². The van der Waals surface area contributed by atoms with Gasteiger partial charge >= 0.3 is 0 Å². The van der Waals surface area contributed by atoms with Crippen molar-refractivity contribution in [3.63, 3.8) is 0 Å². The Morgan fingerprint density at radius 2 is 1.75 bits per heavy atom. The largest absolute Gasteiger partial charge is 0.392 e. The molecular formula is C16H15Cl2FO. The van der Waals surface area contributed by atoms with Gasteiger partial charge in [0.25, 0.3) is 0 Å². The van der Waals surface area contributed by atoms with E-state index in [1.54, 1.807) is 12.1 Å². The molecule has 0 bridgehead atoms. The van der Waals surface area contributed by atoms with Crippen molar-refractivity contribution in [3.8, 4) is 0 Å². The molecule has 0 saturated carbocycles. The highest BCUT2D eigenvalue weighted by atomic mass is 35.5. The van der Waals surface area contributed by atoms with Gasteiger partial charge in [-0.3, -0.25) is 0 Å². The molecule has 2 aromatic carbocycles. The lowest BCUT2D eigenvalue weighted by atomic mass is 10.0. The number of halogens is 3. The second kappa shape index (κ2) is 6.57. The molecule has 0 spiro atoms. The van der Waals surface area contributed by atoms with Crippen molar-refractivity contribution in [3.05, 3.63) is 69.0 Å². The van der Waals surface area contributed by atoms with Gasteiger partial charge in [0.05, 0.1) is 11.1 Å². The van der Waals surface area contributed by atoms with Crippen molar-refractivity contribution in [1.29, 1.82) is 0 Å². The van der Waals surface area contributed by atoms with Gasteiger partial charge in [0, 0.05) is 17.9 Å². The maximum atomic E-state index is 13.8. The van der Waals surface area contributed by atoms with E-state index in [1.807, 2.05) is 25.1 Å². The van der Waals surface area contributed by atoms with Crippen LogP contribution in [0.3, 0.4) is 0 Å². The fraction of sp³-hybridized carbons (Fsp3) is 0.250. The number of aliphatic hydroxyl groups excluding tert-OH is 1. The summed E-state index contributed by atoms with van der Waals surface area (Å²) in [6.45, 7) is 1.95. The molecule has 20 heavy (non-hydrogen) atoms. The van der Waals surface area contributed by atoms with Crippen LogP contribution in [0, 0.1) is 12.7 Å². The minimum Gasteiger partial charge on any atom is -0.392 e. The van der Waals surface area contributed by atoms with Crippen LogP contribution in [0.5, 0.6) is 0 Å². The summed E-state index contributed by atoms with van der Waals surface area (Å²) in [4.78, 5) is 0. The smallest absolute Gasteiger partial charge is 0.145 e. The molecule has 4 heteroatoms. The standard InChI is InChI=1S/C16H15Cl2FO/c1-10-5-6-11(15(18)7-10)8-13(20)9-12-3-2-4-14(17)16(12)19/h2-7,13,20H,8-9H2,1H3. The van der Waals surface area contributed by atoms with Gasteiger partial charge in [0.15, 0.2) is 0 Å². The van der Waals surface area contributed by atoms with Crippen LogP contribution in [0.25, 0.3) is 0 Å². The van der Waals surface area contributed by atoms with Crippen molar-refractivity contribution < 1.29 is 9.50 Å². The lowest BCUT2D eigenvalue weighted by molar-refractivity contribution is 0.174. The minimum atomic E-state index is -0.705. The van der Waals surface area contributed by atoms with Crippen molar-refractivity contribution in [1.82, 2.24) is 0 Å². The second-order valence-corrected chi connectivity index (χ2v) is 5.68. The van der Waals surface area contributed by atoms with E-state index in [4.69, 9.17) is 23.2 Å². The highest BCUT2D eigenvalue weighted by Gasteiger charge is 2.13. The minimum absolute atomic E-state index is 0.0723. The van der Waals surface area contributed by atoms with E-state index in [-0.39, 0.29) is 11.4 Å². The van der Waals surface area contributed by atoms with Crippen LogP contribution in [0.1, 0.15) is 16.7 Å². The zero-order valence-corrected chi connectivity index (χ0v) is 12.5. The Labute approximate surface area is 128 Å². The van der Waals surface area contributed by atoms with Crippen molar-refractivity contribution >= 4 is 23.2 Å². The Hall–Kier alpha value is -1.09. The molecule has 0 amide bonds. The summed E-state index contributed by atoms with van der Waals surface area (Å²) in [6, 6.07) is 10.5. The lowest BCUT2D eigenvalue weighted by Gasteiger charge is -2.13. The third kappa shape index (κ3) is 3.72. The molecular weight excluding hydrogens is 298 g/mol. The summed E-state index contributed by atoms with van der Waals surface area (Å²) in [6.07, 6.45) is -0.120. The molecule has 1 nitrogen and oxygen atoms in total. The van der Waals surface area contributed by atoms with Crippen LogP contribution in [-0.4, -0.2) is 11.2 Å². The first-order chi connectivity index (χ1) is 9.47. The molecule has 0 aliphatic carbocycles. The summed E-state index contributed by atoms with van der Waals surface area (Å²) in [5.41, 5.74) is 2.33. The molecule has 1 atom stereocenters. The summed E-state index contributed by atoms with van der Waals surface area (Å²) in [7, 11) is 0. The molecule has 1 unspecified atom stereocenters. The molecule has 0 aliphatic rings. The SMILES string of the molecule is Cc1ccc(CC(O)Cc2cccc(Cl)c2F)c(Cl)c1. The molecule has 2 rings (SSSR count). The summed E-state index contributed by atoms with van der Waals surface area (Å²) in [5, 5.41) is 10.8. The first-order valence-electron chi connectivity index (χ1n) is 6.33. The second-order valence-electron chi connectivity index (χ2n) is 4.87. The molecule has 0 aliphatic heterocycles. The van der Waals surface area contributed by atoms with Gasteiger partial charge in [0.1, 0.15) is 5.82 Å². The first kappa shape index (κ1) is 15.3. The third-order valence-corrected chi connectivity index (χ3v) is 3.79. The van der Waals surface area contributed by atoms with Gasteiger partial charge < -0.3 is 5.11 Å². The average Bonchev–Trinajstić information content (AvgIpc) is 2.38. The molecule has 0 aromatic heterocycles. The number of aryl methyl sites for hydroxylation is 1. The predicted molar refractivity (Wildman–Crippen MR) is 81.0 cm³/mol. The lowest BCUT2D eigenvalue weighted by Crippen LogP contribution is -2.15. The summed E-state index contributed by atoms with van der Waals surface area (Å²) in [5.74, 6) is -0.469. The Kier molecular flexibility index (Phi) is 5.03. The van der Waals surface area contributed by atoms with Crippen LogP contribution in [0.4, 0.5) is 4.39 Å². The molecule has 0 saturated heterocycles. The van der Waals surface area contributed by atoms with E-state index in [0.717, 1.165) is 11.1 Å². The average molecular weight is 313 g/mol. The Balaban J connectivity index is 2.09. The van der Waals surface area contributed by atoms with E-state index in [9.17, 15) is 9.50 Å². The van der Waals surface area contributed by atoms with E-state index < -0.39 is 11.9 Å². The topological polar surface area (TPSA) is 20.2 Å². The van der Waals surface area contributed by atoms with Crippen molar-refractivity contribution in [2.45, 2.75) is 25.9 Å². The molecule has 0 fully saturated rings. The number of aliphatic hydroxyl groups is 1. The van der Waals surface area contributed by atoms with E-state index in [1.165, 1.54) is 6.07 Å². The third-order valence-electron chi connectivity index (χ3n) is 3.15. The molecule has 106 valence electrons. The monoisotopic (exact) mass is 312 g/mol. The Morgan fingerprint density at radius 3 is 2.45 bits per heavy atom. The van der Waals surface area contributed by atoms with Gasteiger partial charge in [-0.15, -0.1) is 0 Å². The summed E-state index contributed by atoms with van der Waals surface area (Å²) < 4.78 is 13.8. The van der Waals surface area contributed by atoms with E-state index >= 15 is 0 Å². The van der Waals surface area contributed by atoms with Crippen LogP contribution < -0.4 is 0 Å². The van der Waals surface area contributed by atoms with Gasteiger partial charge in [-0.2, -0.15) is 0 Å². The van der Waals surface area contributed by atoms with Crippen molar-refractivity contribution in [2.24, 2.45) is 0 Å². The van der Waals surface area contributed by atoms with Crippen LogP contribution in [0.15, 0.2) is 36.4 Å². The normalized spacial score (nSPS) is 12.4. The van der Waals surface area contributed by atoms with E-state index in [0.29, 0.717) is 17.0 Å². The number of rotatable bonds is 4. The number of benzene rings is 2. The Morgan fingerprint density at radius 1 is 1.05 bits per heavy atom. The fourth-order valence-electron chi connectivity index (χ4n) is 2.10. The zero-order valence-electron chi connectivity index (χ0n) is 11.0. The highest BCUT2D eigenvalue weighted by molar-refractivity contribution is 6.31. The quantitative estimate of drug-likeness (QED) is 0.875. The zero-order chi connectivity index (χ0) is 14.7. The number of hydrogen-bond donors (Lipinski definition) is 1. The van der Waals surface area contributed by atoms with Gasteiger partial charge in [-0.05, 0) is 35.7 Å². The van der Waals surface area contributed by atoms with Crippen molar-refractivity contribution in [2.75, 3.05) is 0 Å². The predicted octanol–water partition coefficient (Wildman–Crippen LogP) is 4.59. The van der Waals surface area contributed by atoms with Crippen LogP contribution in [0.2, 0.25) is 10.0 Å². The van der Waals surface area contributed by atoms with Gasteiger partial charge in [0.2, 0.25) is 0 Å². The molecule has 2 aromatic rings. The molecule has 0 heterocycles. The fourth-order valence-corrected chi connectivity index (χ4v) is 2.61. The van der Waals surface area contributed by atoms with Gasteiger partial charge in [-0.1, -0.05) is 47.5 Å². The highest BCUT2D eigenvalue weighted by Crippen LogP contribution is 2.22. The maximum absolute atomic E-state index is 13.8. The molecule has 1 N–H and O–H groups in total. The summed E-state index contributed by atoms with van der Waals surface area (Å²) >= 11 is 11.8. The van der Waals surface area contributed by atoms with Crippen LogP contribution in [-0.2, 0) is 12.8 Å².